The van der Waals surface area contributed by atoms with Crippen LogP contribution >= 0.6 is 0 Å². The Morgan fingerprint density at radius 1 is 1.50 bits per heavy atom. The van der Waals surface area contributed by atoms with Crippen LogP contribution in [0.3, 0.4) is 0 Å². The predicted molar refractivity (Wildman–Crippen MR) is 41.9 cm³/mol. The van der Waals surface area contributed by atoms with Crippen molar-refractivity contribution in [2.75, 3.05) is 13.1 Å². The lowest BCUT2D eigenvalue weighted by Gasteiger charge is -2.36. The highest BCUT2D eigenvalue weighted by Crippen LogP contribution is 2.23. The first kappa shape index (κ1) is 8.02. The Labute approximate surface area is 62.6 Å². The molecule has 0 amide bonds. The minimum atomic E-state index is -0.432. The van der Waals surface area contributed by atoms with Crippen molar-refractivity contribution in [3.05, 3.63) is 0 Å². The van der Waals surface area contributed by atoms with Crippen LogP contribution in [0, 0.1) is 5.92 Å². The monoisotopic (exact) mass is 143 g/mol. The largest absolute Gasteiger partial charge is 0.388 e. The second-order valence-corrected chi connectivity index (χ2v) is 3.54. The highest BCUT2D eigenvalue weighted by atomic mass is 16.3. The molecule has 0 spiro atoms. The topological polar surface area (TPSA) is 32.3 Å². The fraction of sp³-hybridized carbons (Fsp3) is 1.00. The standard InChI is InChI=1S/C8H17NO/c1-7(2)8(10)4-3-5-9-6-8/h7,9-10H,3-6H2,1-2H3/t8-/m0/s1. The van der Waals surface area contributed by atoms with Gasteiger partial charge < -0.3 is 10.4 Å². The number of aliphatic hydroxyl groups is 1. The van der Waals surface area contributed by atoms with E-state index in [9.17, 15) is 5.11 Å². The molecule has 2 N–H and O–H groups in total. The molecule has 1 heterocycles. The number of rotatable bonds is 1. The van der Waals surface area contributed by atoms with Crippen molar-refractivity contribution < 1.29 is 5.11 Å². The summed E-state index contributed by atoms with van der Waals surface area (Å²) in [6, 6.07) is 0. The molecule has 0 bridgehead atoms. The van der Waals surface area contributed by atoms with Gasteiger partial charge in [-0.3, -0.25) is 0 Å². The number of β-amino-alcohol motifs (C(OH)–C–C–N with tert-alkyl or cyclic N) is 1. The third-order valence-corrected chi connectivity index (χ3v) is 2.47. The molecule has 2 nitrogen and oxygen atoms in total. The van der Waals surface area contributed by atoms with Crippen LogP contribution < -0.4 is 5.32 Å². The van der Waals surface area contributed by atoms with Gasteiger partial charge in [0.1, 0.15) is 0 Å². The average molecular weight is 143 g/mol. The Bertz CT molecular complexity index is 106. The zero-order chi connectivity index (χ0) is 7.61. The van der Waals surface area contributed by atoms with Gasteiger partial charge in [-0.25, -0.2) is 0 Å². The molecule has 1 atom stereocenters. The van der Waals surface area contributed by atoms with Crippen LogP contribution in [0.4, 0.5) is 0 Å². The minimum Gasteiger partial charge on any atom is -0.388 e. The van der Waals surface area contributed by atoms with E-state index in [0.29, 0.717) is 5.92 Å². The second kappa shape index (κ2) is 2.89. The summed E-state index contributed by atoms with van der Waals surface area (Å²) in [6.07, 6.45) is 2.06. The predicted octanol–water partition coefficient (Wildman–Crippen LogP) is 0.757. The number of nitrogens with one attached hydrogen (secondary N) is 1. The van der Waals surface area contributed by atoms with E-state index in [4.69, 9.17) is 0 Å². The van der Waals surface area contributed by atoms with E-state index in [1.54, 1.807) is 0 Å². The van der Waals surface area contributed by atoms with E-state index < -0.39 is 5.60 Å². The van der Waals surface area contributed by atoms with E-state index in [-0.39, 0.29) is 0 Å². The van der Waals surface area contributed by atoms with Crippen LogP contribution in [0.2, 0.25) is 0 Å². The quantitative estimate of drug-likeness (QED) is 0.568. The molecule has 0 saturated carbocycles. The first-order valence-electron chi connectivity index (χ1n) is 4.08. The van der Waals surface area contributed by atoms with Crippen molar-refractivity contribution >= 4 is 0 Å². The zero-order valence-electron chi connectivity index (χ0n) is 6.85. The molecule has 0 aromatic heterocycles. The van der Waals surface area contributed by atoms with Crippen LogP contribution in [0.15, 0.2) is 0 Å². The SMILES string of the molecule is CC(C)[C@]1(O)CCCNC1. The van der Waals surface area contributed by atoms with Gasteiger partial charge >= 0.3 is 0 Å². The molecule has 1 rings (SSSR count). The van der Waals surface area contributed by atoms with Gasteiger partial charge in [-0.15, -0.1) is 0 Å². The van der Waals surface area contributed by atoms with Crippen LogP contribution in [-0.2, 0) is 0 Å². The molecular formula is C8H17NO. The summed E-state index contributed by atoms with van der Waals surface area (Å²) in [5.74, 6) is 0.375. The van der Waals surface area contributed by atoms with Crippen molar-refractivity contribution in [3.63, 3.8) is 0 Å². The number of hydrogen-bond donors (Lipinski definition) is 2. The minimum absolute atomic E-state index is 0.375. The van der Waals surface area contributed by atoms with Gasteiger partial charge in [-0.1, -0.05) is 13.8 Å². The van der Waals surface area contributed by atoms with Gasteiger partial charge in [-0.05, 0) is 25.3 Å². The molecule has 0 radical (unpaired) electrons. The second-order valence-electron chi connectivity index (χ2n) is 3.54. The maximum Gasteiger partial charge on any atom is 0.0794 e. The van der Waals surface area contributed by atoms with Gasteiger partial charge in [0, 0.05) is 6.54 Å². The Balaban J connectivity index is 2.48. The van der Waals surface area contributed by atoms with E-state index in [0.717, 1.165) is 25.9 Å². The molecule has 1 aliphatic rings. The van der Waals surface area contributed by atoms with Gasteiger partial charge in [0.25, 0.3) is 0 Å². The average Bonchev–Trinajstić information content (AvgIpc) is 1.89. The summed E-state index contributed by atoms with van der Waals surface area (Å²) in [4.78, 5) is 0. The van der Waals surface area contributed by atoms with Crippen molar-refractivity contribution in [2.24, 2.45) is 5.92 Å². The van der Waals surface area contributed by atoms with Crippen molar-refractivity contribution in [3.8, 4) is 0 Å². The molecule has 1 aliphatic heterocycles. The van der Waals surface area contributed by atoms with Crippen molar-refractivity contribution in [2.45, 2.75) is 32.3 Å². The highest BCUT2D eigenvalue weighted by Gasteiger charge is 2.31. The van der Waals surface area contributed by atoms with E-state index in [1.165, 1.54) is 0 Å². The lowest BCUT2D eigenvalue weighted by Crippen LogP contribution is -2.49. The molecule has 1 saturated heterocycles. The summed E-state index contributed by atoms with van der Waals surface area (Å²) < 4.78 is 0. The van der Waals surface area contributed by atoms with Gasteiger partial charge in [0.2, 0.25) is 0 Å². The van der Waals surface area contributed by atoms with Crippen molar-refractivity contribution in [1.29, 1.82) is 0 Å². The Morgan fingerprint density at radius 3 is 2.50 bits per heavy atom. The van der Waals surface area contributed by atoms with Gasteiger partial charge in [0.05, 0.1) is 5.60 Å². The summed E-state index contributed by atoms with van der Waals surface area (Å²) in [7, 11) is 0. The van der Waals surface area contributed by atoms with Gasteiger partial charge in [-0.2, -0.15) is 0 Å². The number of hydrogen-bond acceptors (Lipinski definition) is 2. The van der Waals surface area contributed by atoms with E-state index in [2.05, 4.69) is 19.2 Å². The third-order valence-electron chi connectivity index (χ3n) is 2.47. The maximum absolute atomic E-state index is 9.89. The summed E-state index contributed by atoms with van der Waals surface area (Å²) >= 11 is 0. The molecule has 0 aliphatic carbocycles. The van der Waals surface area contributed by atoms with E-state index >= 15 is 0 Å². The van der Waals surface area contributed by atoms with Crippen LogP contribution in [-0.4, -0.2) is 23.8 Å². The van der Waals surface area contributed by atoms with Crippen LogP contribution in [0.1, 0.15) is 26.7 Å². The fourth-order valence-electron chi connectivity index (χ4n) is 1.41. The molecule has 0 aromatic rings. The van der Waals surface area contributed by atoms with E-state index in [1.807, 2.05) is 0 Å². The summed E-state index contributed by atoms with van der Waals surface area (Å²) in [5, 5.41) is 13.1. The van der Waals surface area contributed by atoms with Crippen molar-refractivity contribution in [1.82, 2.24) is 5.32 Å². The molecular weight excluding hydrogens is 126 g/mol. The normalized spacial score (nSPS) is 34.8. The molecule has 10 heavy (non-hydrogen) atoms. The molecule has 0 unspecified atom stereocenters. The van der Waals surface area contributed by atoms with Crippen LogP contribution in [0.25, 0.3) is 0 Å². The summed E-state index contributed by atoms with van der Waals surface area (Å²) in [5.41, 5.74) is -0.432. The number of piperidine rings is 1. The Morgan fingerprint density at radius 2 is 2.20 bits per heavy atom. The maximum atomic E-state index is 9.89. The Kier molecular flexibility index (Phi) is 2.32. The highest BCUT2D eigenvalue weighted by molar-refractivity contribution is 4.87. The lowest BCUT2D eigenvalue weighted by molar-refractivity contribution is -0.0249. The zero-order valence-corrected chi connectivity index (χ0v) is 6.85. The first-order valence-corrected chi connectivity index (χ1v) is 4.08. The first-order chi connectivity index (χ1) is 4.65. The molecule has 2 heteroatoms. The third kappa shape index (κ3) is 1.50. The smallest absolute Gasteiger partial charge is 0.0794 e. The molecule has 0 aromatic carbocycles. The fourth-order valence-corrected chi connectivity index (χ4v) is 1.41. The Hall–Kier alpha value is -0.0800. The molecule has 60 valence electrons. The lowest BCUT2D eigenvalue weighted by atomic mass is 9.84. The van der Waals surface area contributed by atoms with Crippen LogP contribution in [0.5, 0.6) is 0 Å². The summed E-state index contributed by atoms with van der Waals surface area (Å²) in [6.45, 7) is 5.99. The molecule has 1 fully saturated rings. The van der Waals surface area contributed by atoms with Gasteiger partial charge in [0.15, 0.2) is 0 Å².